The number of hydrogen-bond donors (Lipinski definition) is 0. The van der Waals surface area contributed by atoms with E-state index in [2.05, 4.69) is 10.0 Å². The third-order valence-electron chi connectivity index (χ3n) is 2.84. The van der Waals surface area contributed by atoms with E-state index in [1.807, 2.05) is 22.6 Å². The van der Waals surface area contributed by atoms with Gasteiger partial charge in [0, 0.05) is 25.7 Å². The average Bonchev–Trinajstić information content (AvgIpc) is 2.42. The lowest BCUT2D eigenvalue weighted by atomic mass is 9.98. The topological polar surface area (TPSA) is 137 Å². The van der Waals surface area contributed by atoms with Gasteiger partial charge in [-0.25, -0.2) is 0 Å². The average molecular weight is 441 g/mol. The van der Waals surface area contributed by atoms with Gasteiger partial charge >= 0.3 is 17.9 Å². The normalized spacial score (nSPS) is 29.8. The molecule has 0 N–H and O–H groups in total. The molecule has 128 valence electrons. The van der Waals surface area contributed by atoms with Crippen LogP contribution in [0.5, 0.6) is 0 Å². The van der Waals surface area contributed by atoms with Gasteiger partial charge in [0.05, 0.1) is 0 Å². The monoisotopic (exact) mass is 441 g/mol. The maximum atomic E-state index is 11.3. The quantitative estimate of drug-likeness (QED) is 0.119. The van der Waals surface area contributed by atoms with Crippen molar-refractivity contribution >= 4 is 40.5 Å². The molecular weight excluding hydrogens is 425 g/mol. The summed E-state index contributed by atoms with van der Waals surface area (Å²) < 4.78 is 20.2. The van der Waals surface area contributed by atoms with Crippen molar-refractivity contribution < 1.29 is 33.3 Å². The molecule has 10 nitrogen and oxygen atoms in total. The van der Waals surface area contributed by atoms with Gasteiger partial charge in [0.25, 0.3) is 0 Å². The van der Waals surface area contributed by atoms with Gasteiger partial charge in [0.2, 0.25) is 0 Å². The number of halogens is 1. The van der Waals surface area contributed by atoms with E-state index in [1.165, 1.54) is 20.8 Å². The first-order chi connectivity index (χ1) is 10.8. The van der Waals surface area contributed by atoms with Crippen molar-refractivity contribution in [2.24, 2.45) is 5.11 Å². The van der Waals surface area contributed by atoms with E-state index < -0.39 is 46.4 Å². The first-order valence-electron chi connectivity index (χ1n) is 6.57. The van der Waals surface area contributed by atoms with Crippen molar-refractivity contribution in [3.63, 3.8) is 0 Å². The summed E-state index contributed by atoms with van der Waals surface area (Å²) in [4.78, 5) is 36.4. The molecule has 0 radical (unpaired) electrons. The highest BCUT2D eigenvalue weighted by Gasteiger charge is 2.49. The highest BCUT2D eigenvalue weighted by atomic mass is 127. The van der Waals surface area contributed by atoms with Gasteiger partial charge in [0.1, 0.15) is 22.9 Å². The van der Waals surface area contributed by atoms with E-state index >= 15 is 0 Å². The van der Waals surface area contributed by atoms with E-state index in [0.717, 1.165) is 0 Å². The molecular formula is C12H16IN3O7. The highest BCUT2D eigenvalue weighted by Crippen LogP contribution is 2.31. The summed E-state index contributed by atoms with van der Waals surface area (Å²) in [6.07, 6.45) is -2.99. The Morgan fingerprint density at radius 3 is 2.17 bits per heavy atom. The molecule has 0 unspecified atom stereocenters. The van der Waals surface area contributed by atoms with Gasteiger partial charge in [-0.2, -0.15) is 0 Å². The van der Waals surface area contributed by atoms with E-state index in [4.69, 9.17) is 24.5 Å². The minimum Gasteiger partial charge on any atom is -0.463 e. The predicted octanol–water partition coefficient (Wildman–Crippen LogP) is 1.25. The molecule has 1 aliphatic heterocycles. The second kappa shape index (κ2) is 8.89. The minimum atomic E-state index is -1.07. The summed E-state index contributed by atoms with van der Waals surface area (Å²) in [5.41, 5.74) is 8.68. The first-order valence-corrected chi connectivity index (χ1v) is 7.82. The zero-order chi connectivity index (χ0) is 17.6. The summed E-state index contributed by atoms with van der Waals surface area (Å²) in [5, 5.41) is 3.56. The van der Waals surface area contributed by atoms with Crippen LogP contribution in [0.1, 0.15) is 20.8 Å². The number of hydrogen-bond acceptors (Lipinski definition) is 8. The standard InChI is InChI=1S/C12H16IN3O7/c1-5(17)20-4-8-10(21-6(2)18)11(22-7(3)19)9(15-16-14)12(13)23-8/h8-12H,4H2,1-3H3/t8-,9+,10-,11-,12+/m1/s1. The summed E-state index contributed by atoms with van der Waals surface area (Å²) in [5.74, 6) is -1.82. The molecule has 5 atom stereocenters. The van der Waals surface area contributed by atoms with Gasteiger partial charge in [-0.1, -0.05) is 27.7 Å². The Kier molecular flexibility index (Phi) is 7.52. The number of rotatable bonds is 5. The second-order valence-corrected chi connectivity index (χ2v) is 5.90. The third-order valence-corrected chi connectivity index (χ3v) is 3.87. The Hall–Kier alpha value is -1.59. The van der Waals surface area contributed by atoms with Crippen LogP contribution in [0.25, 0.3) is 10.4 Å². The largest absolute Gasteiger partial charge is 0.463 e. The molecule has 0 aliphatic carbocycles. The van der Waals surface area contributed by atoms with Crippen LogP contribution in [0.4, 0.5) is 0 Å². The van der Waals surface area contributed by atoms with Gasteiger partial charge in [-0.3, -0.25) is 14.4 Å². The van der Waals surface area contributed by atoms with Crippen LogP contribution in [-0.4, -0.2) is 53.0 Å². The Labute approximate surface area is 145 Å². The van der Waals surface area contributed by atoms with E-state index in [9.17, 15) is 14.4 Å². The molecule has 0 spiro atoms. The van der Waals surface area contributed by atoms with Crippen LogP contribution < -0.4 is 0 Å². The second-order valence-electron chi connectivity index (χ2n) is 4.67. The molecule has 0 saturated carbocycles. The third kappa shape index (κ3) is 5.84. The van der Waals surface area contributed by atoms with Gasteiger partial charge < -0.3 is 18.9 Å². The Bertz CT molecular complexity index is 523. The lowest BCUT2D eigenvalue weighted by Crippen LogP contribution is -2.59. The van der Waals surface area contributed by atoms with Gasteiger partial charge in [-0.05, 0) is 5.53 Å². The molecule has 23 heavy (non-hydrogen) atoms. The fourth-order valence-electron chi connectivity index (χ4n) is 2.05. The van der Waals surface area contributed by atoms with Crippen LogP contribution in [0.15, 0.2) is 5.11 Å². The van der Waals surface area contributed by atoms with Crippen molar-refractivity contribution in [1.82, 2.24) is 0 Å². The van der Waals surface area contributed by atoms with Crippen molar-refractivity contribution in [1.29, 1.82) is 0 Å². The lowest BCUT2D eigenvalue weighted by Gasteiger charge is -2.41. The minimum absolute atomic E-state index is 0.201. The SMILES string of the molecule is CC(=O)OC[C@H]1O[C@H](I)[C@@H](N=[N+]=[N-])[C@@H](OC(C)=O)[C@@H]1OC(C)=O. The molecule has 1 saturated heterocycles. The summed E-state index contributed by atoms with van der Waals surface area (Å²) in [7, 11) is 0. The number of alkyl halides is 1. The molecule has 0 aromatic heterocycles. The number of azide groups is 1. The summed E-state index contributed by atoms with van der Waals surface area (Å²) in [6.45, 7) is 3.37. The maximum absolute atomic E-state index is 11.3. The fraction of sp³-hybridized carbons (Fsp3) is 0.750. The zero-order valence-electron chi connectivity index (χ0n) is 12.7. The van der Waals surface area contributed by atoms with Crippen LogP contribution in [0, 0.1) is 0 Å². The smallest absolute Gasteiger partial charge is 0.303 e. The van der Waals surface area contributed by atoms with Crippen LogP contribution in [0.2, 0.25) is 0 Å². The van der Waals surface area contributed by atoms with Crippen molar-refractivity contribution in [2.75, 3.05) is 6.61 Å². The van der Waals surface area contributed by atoms with E-state index in [-0.39, 0.29) is 6.61 Å². The van der Waals surface area contributed by atoms with E-state index in [0.29, 0.717) is 0 Å². The molecule has 1 fully saturated rings. The number of ether oxygens (including phenoxy) is 4. The Balaban J connectivity index is 3.11. The molecule has 0 bridgehead atoms. The molecule has 1 rings (SSSR count). The van der Waals surface area contributed by atoms with Crippen LogP contribution in [-0.2, 0) is 33.3 Å². The van der Waals surface area contributed by atoms with E-state index in [1.54, 1.807) is 0 Å². The molecule has 0 aromatic carbocycles. The van der Waals surface area contributed by atoms with Crippen molar-refractivity contribution in [2.45, 2.75) is 49.2 Å². The van der Waals surface area contributed by atoms with Crippen molar-refractivity contribution in [3.8, 4) is 0 Å². The van der Waals surface area contributed by atoms with Crippen LogP contribution >= 0.6 is 22.6 Å². The summed E-state index contributed by atoms with van der Waals surface area (Å²) in [6, 6.07) is -0.901. The lowest BCUT2D eigenvalue weighted by molar-refractivity contribution is -0.206. The molecule has 11 heteroatoms. The van der Waals surface area contributed by atoms with Crippen LogP contribution in [0.3, 0.4) is 0 Å². The van der Waals surface area contributed by atoms with Crippen molar-refractivity contribution in [3.05, 3.63) is 10.4 Å². The van der Waals surface area contributed by atoms with Gasteiger partial charge in [-0.15, -0.1) is 0 Å². The number of esters is 3. The predicted molar refractivity (Wildman–Crippen MR) is 83.4 cm³/mol. The number of carbonyl (C=O) groups excluding carboxylic acids is 3. The summed E-state index contributed by atoms with van der Waals surface area (Å²) >= 11 is 1.86. The highest BCUT2D eigenvalue weighted by molar-refractivity contribution is 14.1. The Morgan fingerprint density at radius 2 is 1.70 bits per heavy atom. The number of carbonyl (C=O) groups is 3. The first kappa shape index (κ1) is 19.5. The zero-order valence-corrected chi connectivity index (χ0v) is 14.8. The molecule has 0 aromatic rings. The van der Waals surface area contributed by atoms with Gasteiger partial charge in [0.15, 0.2) is 12.2 Å². The molecule has 1 heterocycles. The fourth-order valence-corrected chi connectivity index (χ4v) is 2.98. The number of nitrogens with zero attached hydrogens (tertiary/aromatic N) is 3. The molecule has 1 aliphatic rings. The molecule has 0 amide bonds. The Morgan fingerprint density at radius 1 is 1.13 bits per heavy atom. The maximum Gasteiger partial charge on any atom is 0.303 e.